The number of para-hydroxylation sites is 2. The Labute approximate surface area is 197 Å². The molecule has 1 aromatic heterocycles. The van der Waals surface area contributed by atoms with Gasteiger partial charge < -0.3 is 10.3 Å². The first kappa shape index (κ1) is 23.0. The Morgan fingerprint density at radius 1 is 1.03 bits per heavy atom. The normalized spacial score (nSPS) is 12.7. The Kier molecular flexibility index (Phi) is 6.78. The van der Waals surface area contributed by atoms with Gasteiger partial charge in [0, 0.05) is 12.1 Å². The molecule has 0 unspecified atom stereocenters. The number of carbonyl (C=O) groups is 1. The van der Waals surface area contributed by atoms with E-state index < -0.39 is 22.0 Å². The summed E-state index contributed by atoms with van der Waals surface area (Å²) in [6.07, 6.45) is 0.500. The lowest BCUT2D eigenvalue weighted by atomic mass is 10.1. The summed E-state index contributed by atoms with van der Waals surface area (Å²) in [6, 6.07) is 22.7. The summed E-state index contributed by atoms with van der Waals surface area (Å²) in [7, 11) is -2.47. The van der Waals surface area contributed by atoms with Crippen LogP contribution in [0.1, 0.15) is 17.4 Å². The number of rotatable bonds is 8. The van der Waals surface area contributed by atoms with Crippen molar-refractivity contribution in [1.29, 1.82) is 0 Å². The van der Waals surface area contributed by atoms with Crippen LogP contribution in [0.2, 0.25) is 5.02 Å². The van der Waals surface area contributed by atoms with Gasteiger partial charge in [-0.1, -0.05) is 54.1 Å². The van der Waals surface area contributed by atoms with Crippen LogP contribution >= 0.6 is 11.6 Å². The summed E-state index contributed by atoms with van der Waals surface area (Å²) >= 11 is 5.86. The van der Waals surface area contributed by atoms with Crippen LogP contribution in [0.3, 0.4) is 0 Å². The van der Waals surface area contributed by atoms with Gasteiger partial charge in [0.05, 0.1) is 28.5 Å². The number of nitrogens with one attached hydrogen (secondary N) is 2. The number of imidazole rings is 1. The summed E-state index contributed by atoms with van der Waals surface area (Å²) in [4.78, 5) is 20.9. The first-order chi connectivity index (χ1) is 15.8. The Bertz CT molecular complexity index is 1320. The Hall–Kier alpha value is -3.20. The molecule has 33 heavy (non-hydrogen) atoms. The van der Waals surface area contributed by atoms with E-state index in [-0.39, 0.29) is 11.4 Å². The molecule has 7 nitrogen and oxygen atoms in total. The lowest BCUT2D eigenvalue weighted by Crippen LogP contribution is -2.40. The van der Waals surface area contributed by atoms with E-state index in [1.54, 1.807) is 0 Å². The largest absolute Gasteiger partial charge is 0.345 e. The smallest absolute Gasteiger partial charge is 0.243 e. The molecule has 1 atom stereocenters. The van der Waals surface area contributed by atoms with Gasteiger partial charge in [-0.3, -0.25) is 4.79 Å². The zero-order valence-corrected chi connectivity index (χ0v) is 19.5. The number of aromatic amines is 1. The van der Waals surface area contributed by atoms with Gasteiger partial charge in [-0.25, -0.2) is 13.4 Å². The van der Waals surface area contributed by atoms with Crippen LogP contribution in [-0.2, 0) is 21.2 Å². The van der Waals surface area contributed by atoms with Crippen molar-refractivity contribution in [3.63, 3.8) is 0 Å². The molecule has 0 aliphatic carbocycles. The second-order valence-corrected chi connectivity index (χ2v) is 10.1. The molecule has 0 radical (unpaired) electrons. The maximum absolute atomic E-state index is 12.9. The molecule has 4 rings (SSSR count). The summed E-state index contributed by atoms with van der Waals surface area (Å²) in [5, 5.41) is 3.38. The van der Waals surface area contributed by atoms with E-state index in [0.29, 0.717) is 17.3 Å². The third-order valence-corrected chi connectivity index (χ3v) is 7.31. The number of likely N-dealkylation sites (N-methyl/N-ethyl adjacent to an activating group) is 1. The van der Waals surface area contributed by atoms with E-state index in [2.05, 4.69) is 15.3 Å². The molecule has 0 fully saturated rings. The van der Waals surface area contributed by atoms with Gasteiger partial charge in [-0.2, -0.15) is 4.31 Å². The Balaban J connectivity index is 1.53. The molecule has 0 bridgehead atoms. The molecule has 2 N–H and O–H groups in total. The van der Waals surface area contributed by atoms with Crippen LogP contribution in [0.25, 0.3) is 11.0 Å². The molecule has 170 valence electrons. The number of fused-ring (bicyclic) bond motifs is 1. The second kappa shape index (κ2) is 9.74. The van der Waals surface area contributed by atoms with Crippen molar-refractivity contribution in [3.8, 4) is 0 Å². The highest BCUT2D eigenvalue weighted by atomic mass is 35.5. The van der Waals surface area contributed by atoms with Crippen LogP contribution in [0.4, 0.5) is 0 Å². The SMILES string of the molecule is CN(CC(=O)N[C@@H](Cc1ccccc1)c1nc2ccccc2[nH]1)S(=O)(=O)c1ccc(Cl)cc1. The maximum Gasteiger partial charge on any atom is 0.243 e. The van der Waals surface area contributed by atoms with Gasteiger partial charge in [0.25, 0.3) is 0 Å². The van der Waals surface area contributed by atoms with Crippen LogP contribution in [-0.4, -0.2) is 42.2 Å². The van der Waals surface area contributed by atoms with Crippen molar-refractivity contribution in [2.24, 2.45) is 0 Å². The predicted molar refractivity (Wildman–Crippen MR) is 128 cm³/mol. The standard InChI is InChI=1S/C24H23ClN4O3S/c1-29(33(31,32)19-13-11-18(25)12-14-19)16-23(30)26-22(15-17-7-3-2-4-8-17)24-27-20-9-5-6-10-21(20)28-24/h2-14,22H,15-16H2,1H3,(H,26,30)(H,27,28)/t22-/m0/s1. The van der Waals surface area contributed by atoms with Crippen LogP contribution in [0.5, 0.6) is 0 Å². The minimum atomic E-state index is -3.84. The Morgan fingerprint density at radius 3 is 2.39 bits per heavy atom. The van der Waals surface area contributed by atoms with E-state index in [9.17, 15) is 13.2 Å². The molecule has 0 aliphatic rings. The van der Waals surface area contributed by atoms with Gasteiger partial charge in [0.15, 0.2) is 0 Å². The molecular formula is C24H23ClN4O3S. The van der Waals surface area contributed by atoms with Crippen molar-refractivity contribution in [1.82, 2.24) is 19.6 Å². The zero-order valence-electron chi connectivity index (χ0n) is 17.9. The highest BCUT2D eigenvalue weighted by molar-refractivity contribution is 7.89. The molecule has 3 aromatic carbocycles. The summed E-state index contributed by atoms with van der Waals surface area (Å²) in [5.74, 6) is 0.174. The fraction of sp³-hybridized carbons (Fsp3) is 0.167. The van der Waals surface area contributed by atoms with Gasteiger partial charge in [0.1, 0.15) is 5.82 Å². The number of aromatic nitrogens is 2. The van der Waals surface area contributed by atoms with Crippen molar-refractivity contribution in [2.75, 3.05) is 13.6 Å². The number of hydrogen-bond acceptors (Lipinski definition) is 4. The van der Waals surface area contributed by atoms with Crippen LogP contribution < -0.4 is 5.32 Å². The fourth-order valence-electron chi connectivity index (χ4n) is 3.52. The molecule has 9 heteroatoms. The number of hydrogen-bond donors (Lipinski definition) is 2. The minimum absolute atomic E-state index is 0.0697. The lowest BCUT2D eigenvalue weighted by Gasteiger charge is -2.20. The number of nitrogens with zero attached hydrogens (tertiary/aromatic N) is 2. The Morgan fingerprint density at radius 2 is 1.70 bits per heavy atom. The van der Waals surface area contributed by atoms with E-state index in [1.807, 2.05) is 54.6 Å². The van der Waals surface area contributed by atoms with E-state index in [4.69, 9.17) is 11.6 Å². The summed E-state index contributed by atoms with van der Waals surface area (Å²) in [6.45, 7) is -0.337. The third-order valence-electron chi connectivity index (χ3n) is 5.24. The molecule has 0 saturated heterocycles. The van der Waals surface area contributed by atoms with Gasteiger partial charge >= 0.3 is 0 Å². The first-order valence-electron chi connectivity index (χ1n) is 10.3. The number of carbonyl (C=O) groups excluding carboxylic acids is 1. The molecule has 0 saturated carbocycles. The topological polar surface area (TPSA) is 95.2 Å². The highest BCUT2D eigenvalue weighted by Crippen LogP contribution is 2.21. The molecule has 0 spiro atoms. The van der Waals surface area contributed by atoms with Crippen molar-refractivity contribution in [2.45, 2.75) is 17.4 Å². The molecule has 1 heterocycles. The van der Waals surface area contributed by atoms with E-state index in [0.717, 1.165) is 20.9 Å². The molecule has 4 aromatic rings. The average Bonchev–Trinajstić information content (AvgIpc) is 3.24. The number of benzene rings is 3. The van der Waals surface area contributed by atoms with Crippen molar-refractivity contribution < 1.29 is 13.2 Å². The highest BCUT2D eigenvalue weighted by Gasteiger charge is 2.25. The van der Waals surface area contributed by atoms with Crippen molar-refractivity contribution >= 4 is 38.6 Å². The minimum Gasteiger partial charge on any atom is -0.345 e. The van der Waals surface area contributed by atoms with Gasteiger partial charge in [-0.15, -0.1) is 0 Å². The lowest BCUT2D eigenvalue weighted by molar-refractivity contribution is -0.121. The monoisotopic (exact) mass is 482 g/mol. The fourth-order valence-corrected chi connectivity index (χ4v) is 4.77. The number of sulfonamides is 1. The maximum atomic E-state index is 12.9. The third kappa shape index (κ3) is 5.42. The number of amides is 1. The van der Waals surface area contributed by atoms with Crippen LogP contribution in [0.15, 0.2) is 83.8 Å². The number of halogens is 1. The van der Waals surface area contributed by atoms with E-state index in [1.165, 1.54) is 31.3 Å². The zero-order chi connectivity index (χ0) is 23.4. The van der Waals surface area contributed by atoms with Gasteiger partial charge in [-0.05, 0) is 48.4 Å². The van der Waals surface area contributed by atoms with Crippen molar-refractivity contribution in [3.05, 3.63) is 95.3 Å². The molecular weight excluding hydrogens is 460 g/mol. The van der Waals surface area contributed by atoms with E-state index >= 15 is 0 Å². The van der Waals surface area contributed by atoms with Crippen LogP contribution in [0, 0.1) is 0 Å². The number of H-pyrrole nitrogens is 1. The predicted octanol–water partition coefficient (Wildman–Crippen LogP) is 3.94. The average molecular weight is 483 g/mol. The summed E-state index contributed by atoms with van der Waals surface area (Å²) < 4.78 is 26.7. The second-order valence-electron chi connectivity index (χ2n) is 7.66. The van der Waals surface area contributed by atoms with Gasteiger partial charge in [0.2, 0.25) is 15.9 Å². The summed E-state index contributed by atoms with van der Waals surface area (Å²) in [5.41, 5.74) is 2.68. The molecule has 1 amide bonds. The molecule has 0 aliphatic heterocycles. The quantitative estimate of drug-likeness (QED) is 0.397. The first-order valence-corrected chi connectivity index (χ1v) is 12.1.